The molecule has 0 saturated heterocycles. The van der Waals surface area contributed by atoms with Gasteiger partial charge in [0.15, 0.2) is 0 Å². The number of carbonyl (C=O) groups excluding carboxylic acids is 1. The van der Waals surface area contributed by atoms with Crippen LogP contribution < -0.4 is 5.32 Å². The Morgan fingerprint density at radius 1 is 1.25 bits per heavy atom. The summed E-state index contributed by atoms with van der Waals surface area (Å²) in [6, 6.07) is 0. The molecule has 0 aliphatic heterocycles. The molecule has 0 spiro atoms. The molecule has 2 aliphatic rings. The van der Waals surface area contributed by atoms with Gasteiger partial charge >= 0.3 is 0 Å². The predicted octanol–water partition coefficient (Wildman–Crippen LogP) is 1.67. The van der Waals surface area contributed by atoms with Crippen molar-refractivity contribution in [3.63, 3.8) is 0 Å². The molecule has 0 aromatic carbocycles. The van der Waals surface area contributed by atoms with E-state index in [0.717, 1.165) is 24.9 Å². The number of nitrogens with zero attached hydrogens (tertiary/aromatic N) is 1. The van der Waals surface area contributed by atoms with Gasteiger partial charge in [0.2, 0.25) is 5.91 Å². The first kappa shape index (κ1) is 13.8. The Bertz CT molecular complexity index is 227. The molecule has 16 heavy (non-hydrogen) atoms. The second-order valence-corrected chi connectivity index (χ2v) is 5.12. The van der Waals surface area contributed by atoms with E-state index in [2.05, 4.69) is 5.32 Å². The summed E-state index contributed by atoms with van der Waals surface area (Å²) in [5.74, 6) is 2.02. The molecule has 1 amide bonds. The quantitative estimate of drug-likeness (QED) is 0.741. The van der Waals surface area contributed by atoms with Crippen LogP contribution in [0.25, 0.3) is 0 Å². The maximum Gasteiger partial charge on any atom is 0.236 e. The van der Waals surface area contributed by atoms with Gasteiger partial charge < -0.3 is 10.2 Å². The molecule has 0 radical (unpaired) electrons. The first-order chi connectivity index (χ1) is 7.25. The lowest BCUT2D eigenvalue weighted by Crippen LogP contribution is -2.36. The Balaban J connectivity index is 0.00000128. The molecule has 94 valence electrons. The predicted molar refractivity (Wildman–Crippen MR) is 67.8 cm³/mol. The third-order valence-corrected chi connectivity index (χ3v) is 3.40. The number of hydrogen-bond acceptors (Lipinski definition) is 2. The van der Waals surface area contributed by atoms with Crippen LogP contribution in [-0.2, 0) is 4.79 Å². The standard InChI is InChI=1S/C12H22N2O.ClH/c1-14(7-6-10-2-3-10)12(15)9-13-8-11-4-5-11;/h10-11,13H,2-9H2,1H3;1H. The maximum atomic E-state index is 11.6. The number of likely N-dealkylation sites (N-methyl/N-ethyl adjacent to an activating group) is 1. The molecule has 0 heterocycles. The van der Waals surface area contributed by atoms with E-state index >= 15 is 0 Å². The summed E-state index contributed by atoms with van der Waals surface area (Å²) in [7, 11) is 1.92. The lowest BCUT2D eigenvalue weighted by Gasteiger charge is -2.17. The van der Waals surface area contributed by atoms with Gasteiger partial charge in [-0.2, -0.15) is 0 Å². The smallest absolute Gasteiger partial charge is 0.236 e. The number of carbonyl (C=O) groups is 1. The van der Waals surface area contributed by atoms with Gasteiger partial charge in [0, 0.05) is 13.6 Å². The molecule has 1 N–H and O–H groups in total. The number of rotatable bonds is 7. The molecular formula is C12H23ClN2O. The van der Waals surface area contributed by atoms with Gasteiger partial charge in [-0.3, -0.25) is 4.79 Å². The van der Waals surface area contributed by atoms with E-state index < -0.39 is 0 Å². The van der Waals surface area contributed by atoms with Crippen molar-refractivity contribution >= 4 is 18.3 Å². The topological polar surface area (TPSA) is 32.3 Å². The van der Waals surface area contributed by atoms with E-state index in [0.29, 0.717) is 6.54 Å². The number of amides is 1. The van der Waals surface area contributed by atoms with Gasteiger partial charge in [-0.25, -0.2) is 0 Å². The lowest BCUT2D eigenvalue weighted by molar-refractivity contribution is -0.129. The van der Waals surface area contributed by atoms with E-state index in [1.807, 2.05) is 11.9 Å². The normalized spacial score (nSPS) is 19.1. The zero-order valence-corrected chi connectivity index (χ0v) is 10.9. The van der Waals surface area contributed by atoms with Crippen LogP contribution in [0.3, 0.4) is 0 Å². The molecular weight excluding hydrogens is 224 g/mol. The minimum Gasteiger partial charge on any atom is -0.345 e. The molecule has 3 nitrogen and oxygen atoms in total. The second-order valence-electron chi connectivity index (χ2n) is 5.12. The van der Waals surface area contributed by atoms with Crippen molar-refractivity contribution in [1.29, 1.82) is 0 Å². The summed E-state index contributed by atoms with van der Waals surface area (Å²) >= 11 is 0. The van der Waals surface area contributed by atoms with Crippen LogP contribution in [0.5, 0.6) is 0 Å². The highest BCUT2D eigenvalue weighted by molar-refractivity contribution is 5.85. The zero-order chi connectivity index (χ0) is 10.7. The highest BCUT2D eigenvalue weighted by atomic mass is 35.5. The van der Waals surface area contributed by atoms with Gasteiger partial charge in [0.1, 0.15) is 0 Å². The largest absolute Gasteiger partial charge is 0.345 e. The molecule has 0 aromatic rings. The van der Waals surface area contributed by atoms with Crippen molar-refractivity contribution in [2.75, 3.05) is 26.7 Å². The Hall–Kier alpha value is -0.280. The van der Waals surface area contributed by atoms with Gasteiger partial charge in [0.25, 0.3) is 0 Å². The fourth-order valence-corrected chi connectivity index (χ4v) is 1.75. The summed E-state index contributed by atoms with van der Waals surface area (Å²) in [6.07, 6.45) is 6.65. The zero-order valence-electron chi connectivity index (χ0n) is 10.1. The van der Waals surface area contributed by atoms with Crippen LogP contribution in [0.15, 0.2) is 0 Å². The molecule has 0 atom stereocenters. The van der Waals surface area contributed by atoms with Gasteiger partial charge in [-0.1, -0.05) is 12.8 Å². The van der Waals surface area contributed by atoms with Gasteiger partial charge in [0.05, 0.1) is 6.54 Å². The van der Waals surface area contributed by atoms with Crippen LogP contribution in [0.4, 0.5) is 0 Å². The average molecular weight is 247 g/mol. The van der Waals surface area contributed by atoms with Crippen molar-refractivity contribution in [3.8, 4) is 0 Å². The average Bonchev–Trinajstić information content (AvgIpc) is 3.07. The van der Waals surface area contributed by atoms with E-state index in [1.54, 1.807) is 0 Å². The van der Waals surface area contributed by atoms with E-state index in [1.165, 1.54) is 32.1 Å². The first-order valence-corrected chi connectivity index (χ1v) is 6.20. The van der Waals surface area contributed by atoms with E-state index in [9.17, 15) is 4.79 Å². The fraction of sp³-hybridized carbons (Fsp3) is 0.917. The van der Waals surface area contributed by atoms with Crippen molar-refractivity contribution in [2.45, 2.75) is 32.1 Å². The van der Waals surface area contributed by atoms with Crippen LogP contribution in [-0.4, -0.2) is 37.5 Å². The van der Waals surface area contributed by atoms with Crippen LogP contribution in [0, 0.1) is 11.8 Å². The Kier molecular flexibility index (Phi) is 5.56. The molecule has 2 fully saturated rings. The molecule has 2 saturated carbocycles. The third kappa shape index (κ3) is 5.17. The van der Waals surface area contributed by atoms with Gasteiger partial charge in [-0.05, 0) is 37.6 Å². The summed E-state index contributed by atoms with van der Waals surface area (Å²) in [5.41, 5.74) is 0. The van der Waals surface area contributed by atoms with Gasteiger partial charge in [-0.15, -0.1) is 12.4 Å². The maximum absolute atomic E-state index is 11.6. The van der Waals surface area contributed by atoms with Crippen LogP contribution in [0.2, 0.25) is 0 Å². The molecule has 2 aliphatic carbocycles. The lowest BCUT2D eigenvalue weighted by atomic mass is 10.3. The highest BCUT2D eigenvalue weighted by Gasteiger charge is 2.23. The fourth-order valence-electron chi connectivity index (χ4n) is 1.75. The number of halogens is 1. The summed E-state index contributed by atoms with van der Waals surface area (Å²) in [6.45, 7) is 2.49. The SMILES string of the molecule is CN(CCC1CC1)C(=O)CNCC1CC1.Cl. The van der Waals surface area contributed by atoms with Crippen molar-refractivity contribution in [3.05, 3.63) is 0 Å². The first-order valence-electron chi connectivity index (χ1n) is 6.20. The third-order valence-electron chi connectivity index (χ3n) is 3.40. The van der Waals surface area contributed by atoms with E-state index in [-0.39, 0.29) is 18.3 Å². The summed E-state index contributed by atoms with van der Waals surface area (Å²) in [4.78, 5) is 13.5. The Labute approximate surface area is 104 Å². The molecule has 0 bridgehead atoms. The van der Waals surface area contributed by atoms with Crippen LogP contribution in [0.1, 0.15) is 32.1 Å². The van der Waals surface area contributed by atoms with E-state index in [4.69, 9.17) is 0 Å². The number of hydrogen-bond donors (Lipinski definition) is 1. The summed E-state index contributed by atoms with van der Waals surface area (Å²) < 4.78 is 0. The number of nitrogens with one attached hydrogen (secondary N) is 1. The monoisotopic (exact) mass is 246 g/mol. The summed E-state index contributed by atoms with van der Waals surface area (Å²) in [5, 5.41) is 3.24. The Morgan fingerprint density at radius 2 is 1.88 bits per heavy atom. The molecule has 2 rings (SSSR count). The highest BCUT2D eigenvalue weighted by Crippen LogP contribution is 2.32. The van der Waals surface area contributed by atoms with Crippen molar-refractivity contribution < 1.29 is 4.79 Å². The minimum absolute atomic E-state index is 0. The minimum atomic E-state index is 0. The molecule has 4 heteroatoms. The van der Waals surface area contributed by atoms with Crippen LogP contribution >= 0.6 is 12.4 Å². The molecule has 0 aromatic heterocycles. The van der Waals surface area contributed by atoms with Crippen molar-refractivity contribution in [2.24, 2.45) is 11.8 Å². The second kappa shape index (κ2) is 6.45. The Morgan fingerprint density at radius 3 is 2.44 bits per heavy atom. The molecule has 0 unspecified atom stereocenters. The van der Waals surface area contributed by atoms with Crippen molar-refractivity contribution in [1.82, 2.24) is 10.2 Å².